The summed E-state index contributed by atoms with van der Waals surface area (Å²) in [5, 5.41) is 20.3. The van der Waals surface area contributed by atoms with Crippen LogP contribution in [-0.2, 0) is 13.8 Å². The van der Waals surface area contributed by atoms with Crippen LogP contribution in [0.2, 0.25) is 0 Å². The number of ether oxygens (including phenoxy) is 1. The lowest BCUT2D eigenvalue weighted by molar-refractivity contribution is -0.102. The summed E-state index contributed by atoms with van der Waals surface area (Å²) in [7, 11) is -1.80. The third kappa shape index (κ3) is 3.83. The average Bonchev–Trinajstić information content (AvgIpc) is 3.05. The maximum absolute atomic E-state index is 16.6. The van der Waals surface area contributed by atoms with E-state index in [1.54, 1.807) is 0 Å². The Balaban J connectivity index is 1.53. The molecular formula is C22H31FN7O5P. The first kappa shape index (κ1) is 25.4. The SMILES string of the molecule is CC(C)N(C(C)C)P(OCCC#N)O[C@]12C[C@@H]3C[C@]3(O)[C@H]1O[C@@H](n1cnc3c(=O)[nH]c(N)nc31)[C@H]2F. The van der Waals surface area contributed by atoms with Gasteiger partial charge in [0.25, 0.3) is 14.1 Å². The van der Waals surface area contributed by atoms with Crippen molar-refractivity contribution in [3.05, 3.63) is 16.7 Å². The number of H-pyrrole nitrogens is 1. The maximum atomic E-state index is 16.6. The number of nitrogens with one attached hydrogen (secondary N) is 1. The van der Waals surface area contributed by atoms with E-state index in [1.165, 1.54) is 10.9 Å². The van der Waals surface area contributed by atoms with E-state index >= 15 is 4.39 Å². The third-order valence-corrected chi connectivity index (χ3v) is 9.41. The fourth-order valence-corrected chi connectivity index (χ4v) is 7.50. The molecule has 3 aliphatic rings. The Morgan fingerprint density at radius 1 is 1.44 bits per heavy atom. The molecule has 2 aromatic rings. The lowest BCUT2D eigenvalue weighted by atomic mass is 9.91. The van der Waals surface area contributed by atoms with Crippen molar-refractivity contribution in [3.8, 4) is 6.07 Å². The number of nitrogens with two attached hydrogens (primary N) is 1. The van der Waals surface area contributed by atoms with Crippen LogP contribution in [0.4, 0.5) is 10.3 Å². The Morgan fingerprint density at radius 3 is 2.83 bits per heavy atom. The van der Waals surface area contributed by atoms with Crippen LogP contribution in [0, 0.1) is 17.2 Å². The van der Waals surface area contributed by atoms with Gasteiger partial charge in [0.05, 0.1) is 31.0 Å². The Labute approximate surface area is 208 Å². The second-order valence-corrected chi connectivity index (χ2v) is 11.7. The van der Waals surface area contributed by atoms with Crippen molar-refractivity contribution in [2.75, 3.05) is 12.3 Å². The van der Waals surface area contributed by atoms with Crippen molar-refractivity contribution in [1.82, 2.24) is 24.2 Å². The maximum Gasteiger partial charge on any atom is 0.280 e. The first-order valence-electron chi connectivity index (χ1n) is 12.0. The molecule has 196 valence electrons. The molecule has 0 amide bonds. The van der Waals surface area contributed by atoms with Gasteiger partial charge in [0, 0.05) is 12.1 Å². The van der Waals surface area contributed by atoms with Crippen LogP contribution >= 0.6 is 8.53 Å². The zero-order valence-electron chi connectivity index (χ0n) is 20.6. The quantitative estimate of drug-likeness (QED) is 0.327. The van der Waals surface area contributed by atoms with Gasteiger partial charge >= 0.3 is 0 Å². The third-order valence-electron chi connectivity index (χ3n) is 7.21. The molecule has 7 atom stereocenters. The molecule has 4 N–H and O–H groups in total. The standard InChI is InChI=1S/C22H31FN7O5P/c1-11(2)30(12(3)4)36(33-7-5-6-24)35-22-9-13-8-21(13,32)19(22)34-18(15(22)23)29-10-26-14-16(29)27-20(25)28-17(14)31/h10-13,15,18-19,32H,5,7-9H2,1-4H3,(H3,25,27,28,31)/t13-,15+,18+,19+,21+,22-,36?/m0/s1. The number of aliphatic hydroxyl groups is 1. The summed E-state index contributed by atoms with van der Waals surface area (Å²) in [6.45, 7) is 8.10. The molecule has 0 bridgehead atoms. The summed E-state index contributed by atoms with van der Waals surface area (Å²) in [4.78, 5) is 22.8. The Hall–Kier alpha value is -2.20. The number of rotatable bonds is 9. The summed E-state index contributed by atoms with van der Waals surface area (Å²) in [5.41, 5.74) is 2.55. The number of nitrogens with zero attached hydrogens (tertiary/aromatic N) is 5. The van der Waals surface area contributed by atoms with Gasteiger partial charge in [-0.15, -0.1) is 0 Å². The molecule has 1 unspecified atom stereocenters. The first-order valence-corrected chi connectivity index (χ1v) is 13.2. The summed E-state index contributed by atoms with van der Waals surface area (Å²) >= 11 is 0. The molecule has 2 aliphatic carbocycles. The predicted octanol–water partition coefficient (Wildman–Crippen LogP) is 2.12. The molecule has 0 spiro atoms. The minimum absolute atomic E-state index is 0.00270. The molecule has 5 rings (SSSR count). The Bertz CT molecular complexity index is 1240. The number of halogens is 1. The first-order chi connectivity index (χ1) is 17.0. The van der Waals surface area contributed by atoms with Crippen molar-refractivity contribution in [2.45, 2.75) is 88.7 Å². The van der Waals surface area contributed by atoms with Crippen LogP contribution in [0.25, 0.3) is 11.2 Å². The van der Waals surface area contributed by atoms with Crippen molar-refractivity contribution in [2.24, 2.45) is 5.92 Å². The number of fused-ring (bicyclic) bond motifs is 4. The number of nitriles is 1. The van der Waals surface area contributed by atoms with Gasteiger partial charge in [-0.25, -0.2) is 14.0 Å². The molecule has 1 saturated heterocycles. The monoisotopic (exact) mass is 523 g/mol. The highest BCUT2D eigenvalue weighted by Crippen LogP contribution is 2.70. The number of anilines is 1. The summed E-state index contributed by atoms with van der Waals surface area (Å²) in [6.07, 6.45) is -1.75. The lowest BCUT2D eigenvalue weighted by Gasteiger charge is -2.42. The summed E-state index contributed by atoms with van der Waals surface area (Å²) in [5.74, 6) is -0.283. The topological polar surface area (TPSA) is 165 Å². The van der Waals surface area contributed by atoms with Gasteiger partial charge in [0.15, 0.2) is 23.6 Å². The number of imidazole rings is 1. The number of aromatic amines is 1. The molecule has 2 aromatic heterocycles. The molecule has 3 fully saturated rings. The van der Waals surface area contributed by atoms with Crippen molar-refractivity contribution < 1.29 is 23.3 Å². The van der Waals surface area contributed by atoms with Crippen molar-refractivity contribution in [1.29, 1.82) is 5.26 Å². The van der Waals surface area contributed by atoms with Crippen LogP contribution in [0.3, 0.4) is 0 Å². The minimum Gasteiger partial charge on any atom is -0.387 e. The summed E-state index contributed by atoms with van der Waals surface area (Å²) in [6, 6.07) is 2.08. The van der Waals surface area contributed by atoms with E-state index < -0.39 is 43.8 Å². The van der Waals surface area contributed by atoms with Crippen LogP contribution in [0.15, 0.2) is 11.1 Å². The van der Waals surface area contributed by atoms with E-state index in [0.717, 1.165) is 0 Å². The van der Waals surface area contributed by atoms with Crippen molar-refractivity contribution >= 4 is 25.6 Å². The van der Waals surface area contributed by atoms with E-state index in [2.05, 4.69) is 21.0 Å². The molecule has 36 heavy (non-hydrogen) atoms. The van der Waals surface area contributed by atoms with Crippen LogP contribution in [0.5, 0.6) is 0 Å². The lowest BCUT2D eigenvalue weighted by Crippen LogP contribution is -2.50. The Morgan fingerprint density at radius 2 is 2.17 bits per heavy atom. The predicted molar refractivity (Wildman–Crippen MR) is 128 cm³/mol. The zero-order chi connectivity index (χ0) is 26.0. The number of alkyl halides is 1. The number of aromatic nitrogens is 4. The zero-order valence-corrected chi connectivity index (χ0v) is 21.5. The van der Waals surface area contributed by atoms with E-state index in [0.29, 0.717) is 6.42 Å². The molecule has 1 aliphatic heterocycles. The normalized spacial score (nSPS) is 33.9. The molecule has 3 heterocycles. The highest BCUT2D eigenvalue weighted by molar-refractivity contribution is 7.44. The number of hydrogen-bond acceptors (Lipinski definition) is 10. The van der Waals surface area contributed by atoms with Gasteiger partial charge in [0.1, 0.15) is 11.7 Å². The second kappa shape index (κ2) is 8.97. The van der Waals surface area contributed by atoms with Crippen LogP contribution < -0.4 is 11.3 Å². The second-order valence-electron chi connectivity index (χ2n) is 10.3. The molecule has 0 radical (unpaired) electrons. The molecule has 14 heteroatoms. The van der Waals surface area contributed by atoms with Crippen LogP contribution in [0.1, 0.15) is 53.2 Å². The van der Waals surface area contributed by atoms with Crippen molar-refractivity contribution in [3.63, 3.8) is 0 Å². The molecule has 2 saturated carbocycles. The largest absolute Gasteiger partial charge is 0.387 e. The number of hydrogen-bond donors (Lipinski definition) is 3. The van der Waals surface area contributed by atoms with E-state index in [4.69, 9.17) is 24.8 Å². The minimum atomic E-state index is -1.80. The van der Waals surface area contributed by atoms with Gasteiger partial charge in [-0.05, 0) is 46.5 Å². The molecule has 12 nitrogen and oxygen atoms in total. The molecular weight excluding hydrogens is 492 g/mol. The highest BCUT2D eigenvalue weighted by atomic mass is 31.2. The van der Waals surface area contributed by atoms with E-state index in [9.17, 15) is 9.90 Å². The van der Waals surface area contributed by atoms with Gasteiger partial charge in [-0.2, -0.15) is 10.2 Å². The highest BCUT2D eigenvalue weighted by Gasteiger charge is 2.80. The van der Waals surface area contributed by atoms with Crippen LogP contribution in [-0.4, -0.2) is 71.5 Å². The van der Waals surface area contributed by atoms with E-state index in [-0.39, 0.29) is 54.6 Å². The fourth-order valence-electron chi connectivity index (χ4n) is 5.66. The van der Waals surface area contributed by atoms with Gasteiger partial charge in [0.2, 0.25) is 5.95 Å². The average molecular weight is 524 g/mol. The molecule has 0 aromatic carbocycles. The Kier molecular flexibility index (Phi) is 6.34. The van der Waals surface area contributed by atoms with Gasteiger partial charge in [-0.1, -0.05) is 0 Å². The fraction of sp³-hybridized carbons (Fsp3) is 0.727. The van der Waals surface area contributed by atoms with Gasteiger partial charge in [-0.3, -0.25) is 14.3 Å². The number of nitrogen functional groups attached to an aromatic ring is 1. The smallest absolute Gasteiger partial charge is 0.280 e. The van der Waals surface area contributed by atoms with E-state index in [1.807, 2.05) is 32.4 Å². The summed E-state index contributed by atoms with van der Waals surface area (Å²) < 4.78 is 38.7. The van der Waals surface area contributed by atoms with Gasteiger partial charge < -0.3 is 24.6 Å².